The lowest BCUT2D eigenvalue weighted by Crippen LogP contribution is -2.32. The van der Waals surface area contributed by atoms with Crippen LogP contribution in [0.3, 0.4) is 0 Å². The number of hydrogen-bond donors (Lipinski definition) is 2. The standard InChI is InChI=1S/C22H18N4O5S2/c1-31-13-6-4-12(5-7-13)24-14(27)10-26-21-18(33-22(26)30)15(11-3-2-8-23-9-11)16-17(32-21)20(29)25-19(16)28/h2-9,15-17H,10H2,1H3,(H,24,27)(H,25,28,29). The van der Waals surface area contributed by atoms with Crippen molar-refractivity contribution < 1.29 is 19.1 Å². The van der Waals surface area contributed by atoms with Crippen LogP contribution >= 0.6 is 23.1 Å². The van der Waals surface area contributed by atoms with Crippen LogP contribution in [0, 0.1) is 5.92 Å². The zero-order chi connectivity index (χ0) is 23.1. The van der Waals surface area contributed by atoms with E-state index >= 15 is 0 Å². The minimum atomic E-state index is -0.680. The van der Waals surface area contributed by atoms with Crippen LogP contribution in [-0.2, 0) is 20.9 Å². The van der Waals surface area contributed by atoms with E-state index in [0.29, 0.717) is 21.3 Å². The Labute approximate surface area is 196 Å². The number of hydrogen-bond acceptors (Lipinski definition) is 8. The third-order valence-electron chi connectivity index (χ3n) is 5.61. The maximum absolute atomic E-state index is 12.9. The molecule has 2 aliphatic rings. The Morgan fingerprint density at radius 3 is 2.67 bits per heavy atom. The summed E-state index contributed by atoms with van der Waals surface area (Å²) in [5, 5.41) is 5.03. The summed E-state index contributed by atoms with van der Waals surface area (Å²) in [6.07, 6.45) is 3.26. The molecule has 33 heavy (non-hydrogen) atoms. The number of nitrogens with zero attached hydrogens (tertiary/aromatic N) is 2. The highest BCUT2D eigenvalue weighted by Gasteiger charge is 2.52. The van der Waals surface area contributed by atoms with Gasteiger partial charge in [-0.15, -0.1) is 0 Å². The van der Waals surface area contributed by atoms with Gasteiger partial charge in [0, 0.05) is 28.9 Å². The first kappa shape index (κ1) is 21.4. The number of anilines is 1. The third-order valence-corrected chi connectivity index (χ3v) is 8.22. The van der Waals surface area contributed by atoms with Crippen molar-refractivity contribution in [2.24, 2.45) is 5.92 Å². The Morgan fingerprint density at radius 2 is 1.97 bits per heavy atom. The highest BCUT2D eigenvalue weighted by Crippen LogP contribution is 2.51. The summed E-state index contributed by atoms with van der Waals surface area (Å²) in [7, 11) is 1.55. The maximum atomic E-state index is 12.9. The second-order valence-corrected chi connectivity index (χ2v) is 9.71. The largest absolute Gasteiger partial charge is 0.497 e. The van der Waals surface area contributed by atoms with E-state index in [1.54, 1.807) is 49.8 Å². The van der Waals surface area contributed by atoms with E-state index in [0.717, 1.165) is 28.7 Å². The quantitative estimate of drug-likeness (QED) is 0.533. The average molecular weight is 483 g/mol. The molecule has 0 spiro atoms. The fraction of sp³-hybridized carbons (Fsp3) is 0.227. The number of benzene rings is 1. The van der Waals surface area contributed by atoms with Crippen molar-refractivity contribution in [3.63, 3.8) is 0 Å². The summed E-state index contributed by atoms with van der Waals surface area (Å²) < 4.78 is 6.49. The Morgan fingerprint density at radius 1 is 1.18 bits per heavy atom. The number of methoxy groups -OCH3 is 1. The van der Waals surface area contributed by atoms with Gasteiger partial charge >= 0.3 is 4.87 Å². The van der Waals surface area contributed by atoms with Gasteiger partial charge in [-0.2, -0.15) is 0 Å². The van der Waals surface area contributed by atoms with E-state index in [2.05, 4.69) is 15.6 Å². The number of carbonyl (C=O) groups is 3. The first-order chi connectivity index (χ1) is 16.0. The molecule has 1 fully saturated rings. The fourth-order valence-electron chi connectivity index (χ4n) is 4.11. The molecule has 2 aliphatic heterocycles. The van der Waals surface area contributed by atoms with Crippen LogP contribution in [0.4, 0.5) is 5.69 Å². The molecule has 9 nitrogen and oxygen atoms in total. The molecule has 0 aliphatic carbocycles. The van der Waals surface area contributed by atoms with Gasteiger partial charge in [0.15, 0.2) is 0 Å². The highest BCUT2D eigenvalue weighted by molar-refractivity contribution is 8.00. The van der Waals surface area contributed by atoms with Gasteiger partial charge in [-0.3, -0.25) is 34.0 Å². The lowest BCUT2D eigenvalue weighted by molar-refractivity contribution is -0.126. The van der Waals surface area contributed by atoms with Crippen molar-refractivity contribution in [1.82, 2.24) is 14.9 Å². The average Bonchev–Trinajstić information content (AvgIpc) is 3.28. The summed E-state index contributed by atoms with van der Waals surface area (Å²) in [4.78, 5) is 55.2. The van der Waals surface area contributed by atoms with Crippen LogP contribution in [0.5, 0.6) is 5.75 Å². The number of nitrogens with one attached hydrogen (secondary N) is 2. The molecule has 2 aromatic heterocycles. The summed E-state index contributed by atoms with van der Waals surface area (Å²) in [6.45, 7) is -0.212. The number of rotatable bonds is 5. The number of carbonyl (C=O) groups excluding carboxylic acids is 3. The molecule has 3 amide bonds. The number of aromatic nitrogens is 2. The summed E-state index contributed by atoms with van der Waals surface area (Å²) in [6, 6.07) is 10.4. The van der Waals surface area contributed by atoms with E-state index in [1.807, 2.05) is 6.07 Å². The van der Waals surface area contributed by atoms with Crippen LogP contribution in [0.15, 0.2) is 58.6 Å². The second kappa shape index (κ2) is 8.49. The lowest BCUT2D eigenvalue weighted by Gasteiger charge is -2.30. The van der Waals surface area contributed by atoms with E-state index in [4.69, 9.17) is 4.74 Å². The van der Waals surface area contributed by atoms with Gasteiger partial charge in [0.2, 0.25) is 17.7 Å². The molecule has 1 aromatic carbocycles. The van der Waals surface area contributed by atoms with E-state index in [-0.39, 0.29) is 29.1 Å². The molecule has 5 rings (SSSR count). The molecule has 1 saturated heterocycles. The maximum Gasteiger partial charge on any atom is 0.308 e. The Bertz CT molecular complexity index is 1300. The predicted molar refractivity (Wildman–Crippen MR) is 123 cm³/mol. The molecule has 2 N–H and O–H groups in total. The van der Waals surface area contributed by atoms with Gasteiger partial charge in [-0.1, -0.05) is 29.2 Å². The Hall–Kier alpha value is -3.44. The number of thiazole rings is 1. The van der Waals surface area contributed by atoms with Crippen molar-refractivity contribution in [3.05, 3.63) is 68.9 Å². The van der Waals surface area contributed by atoms with E-state index < -0.39 is 17.1 Å². The molecule has 0 bridgehead atoms. The van der Waals surface area contributed by atoms with Crippen molar-refractivity contribution in [3.8, 4) is 5.75 Å². The molecule has 168 valence electrons. The smallest absolute Gasteiger partial charge is 0.308 e. The fourth-order valence-corrected chi connectivity index (χ4v) is 6.85. The normalized spacial score (nSPS) is 21.2. The van der Waals surface area contributed by atoms with Crippen LogP contribution in [-0.4, -0.2) is 39.6 Å². The molecule has 4 heterocycles. The predicted octanol–water partition coefficient (Wildman–Crippen LogP) is 1.83. The minimum absolute atomic E-state index is 0.212. The number of imide groups is 1. The highest BCUT2D eigenvalue weighted by atomic mass is 32.2. The first-order valence-corrected chi connectivity index (χ1v) is 11.7. The van der Waals surface area contributed by atoms with Crippen LogP contribution in [0.2, 0.25) is 0 Å². The minimum Gasteiger partial charge on any atom is -0.497 e. The Kier molecular flexibility index (Phi) is 5.51. The summed E-state index contributed by atoms with van der Waals surface area (Å²) >= 11 is 2.16. The summed E-state index contributed by atoms with van der Waals surface area (Å²) in [5.41, 5.74) is 1.31. The zero-order valence-electron chi connectivity index (χ0n) is 17.3. The lowest BCUT2D eigenvalue weighted by atomic mass is 9.84. The molecule has 0 radical (unpaired) electrons. The van der Waals surface area contributed by atoms with E-state index in [9.17, 15) is 19.2 Å². The molecule has 3 atom stereocenters. The second-order valence-electron chi connectivity index (χ2n) is 7.58. The van der Waals surface area contributed by atoms with Gasteiger partial charge in [0.05, 0.1) is 18.1 Å². The molecule has 3 aromatic rings. The topological polar surface area (TPSA) is 119 Å². The number of amides is 3. The van der Waals surface area contributed by atoms with Crippen molar-refractivity contribution in [2.45, 2.75) is 22.7 Å². The molecule has 0 saturated carbocycles. The van der Waals surface area contributed by atoms with Crippen LogP contribution in [0.25, 0.3) is 0 Å². The van der Waals surface area contributed by atoms with E-state index in [1.165, 1.54) is 4.57 Å². The summed E-state index contributed by atoms with van der Waals surface area (Å²) in [5.74, 6) is -1.60. The molecular formula is C22H18N4O5S2. The van der Waals surface area contributed by atoms with Crippen LogP contribution < -0.4 is 20.2 Å². The number of pyridine rings is 1. The zero-order valence-corrected chi connectivity index (χ0v) is 18.9. The first-order valence-electron chi connectivity index (χ1n) is 10.0. The van der Waals surface area contributed by atoms with Gasteiger partial charge in [-0.05, 0) is 35.9 Å². The van der Waals surface area contributed by atoms with Gasteiger partial charge in [0.25, 0.3) is 0 Å². The van der Waals surface area contributed by atoms with Gasteiger partial charge in [0.1, 0.15) is 17.5 Å². The number of ether oxygens (including phenoxy) is 1. The molecule has 11 heteroatoms. The van der Waals surface area contributed by atoms with Gasteiger partial charge in [-0.25, -0.2) is 0 Å². The number of fused-ring (bicyclic) bond motifs is 2. The van der Waals surface area contributed by atoms with Gasteiger partial charge < -0.3 is 10.1 Å². The molecular weight excluding hydrogens is 464 g/mol. The Balaban J connectivity index is 1.49. The third kappa shape index (κ3) is 3.83. The van der Waals surface area contributed by atoms with Crippen molar-refractivity contribution >= 4 is 46.5 Å². The molecule has 3 unspecified atom stereocenters. The SMILES string of the molecule is COc1ccc(NC(=O)Cn2c3c(sc2=O)C(c2cccnc2)C2C(=O)NC(=O)C2S3)cc1. The number of thioether (sulfide) groups is 1. The monoisotopic (exact) mass is 482 g/mol. The van der Waals surface area contributed by atoms with Crippen molar-refractivity contribution in [2.75, 3.05) is 12.4 Å². The van der Waals surface area contributed by atoms with Crippen molar-refractivity contribution in [1.29, 1.82) is 0 Å². The van der Waals surface area contributed by atoms with Crippen LogP contribution in [0.1, 0.15) is 16.4 Å².